The van der Waals surface area contributed by atoms with Crippen molar-refractivity contribution in [3.05, 3.63) is 0 Å². The molecule has 0 rings (SSSR count). The molecule has 3 heteroatoms. The predicted molar refractivity (Wildman–Crippen MR) is 62.8 cm³/mol. The molecule has 3 nitrogen and oxygen atoms in total. The van der Waals surface area contributed by atoms with Crippen molar-refractivity contribution in [1.29, 1.82) is 0 Å². The second kappa shape index (κ2) is 7.69. The molecule has 0 aliphatic rings. The molecule has 0 aromatic heterocycles. The fourth-order valence-electron chi connectivity index (χ4n) is 1.87. The van der Waals surface area contributed by atoms with Crippen molar-refractivity contribution in [2.45, 2.75) is 47.1 Å². The highest BCUT2D eigenvalue weighted by Crippen LogP contribution is 2.15. The Hall–Kier alpha value is -0.570. The van der Waals surface area contributed by atoms with Crippen LogP contribution in [0, 0.1) is 5.92 Å². The van der Waals surface area contributed by atoms with Gasteiger partial charge in [-0.3, -0.25) is 4.79 Å². The van der Waals surface area contributed by atoms with E-state index in [2.05, 4.69) is 32.6 Å². The molecule has 90 valence electrons. The van der Waals surface area contributed by atoms with Crippen LogP contribution >= 0.6 is 0 Å². The molecule has 0 saturated carbocycles. The molecule has 0 saturated heterocycles. The fourth-order valence-corrected chi connectivity index (χ4v) is 1.87. The SMILES string of the molecule is CCOC(=O)CC(C(C)C)N(CC)CC. The van der Waals surface area contributed by atoms with Gasteiger partial charge in [0.15, 0.2) is 0 Å². The van der Waals surface area contributed by atoms with Gasteiger partial charge >= 0.3 is 5.97 Å². The smallest absolute Gasteiger partial charge is 0.307 e. The molecule has 0 amide bonds. The topological polar surface area (TPSA) is 29.5 Å². The maximum Gasteiger partial charge on any atom is 0.307 e. The first-order valence-electron chi connectivity index (χ1n) is 5.96. The molecule has 0 N–H and O–H groups in total. The third-order valence-electron chi connectivity index (χ3n) is 2.73. The molecule has 0 fully saturated rings. The van der Waals surface area contributed by atoms with Crippen molar-refractivity contribution in [3.8, 4) is 0 Å². The molecule has 0 aliphatic carbocycles. The largest absolute Gasteiger partial charge is 0.466 e. The summed E-state index contributed by atoms with van der Waals surface area (Å²) in [4.78, 5) is 13.8. The van der Waals surface area contributed by atoms with Crippen LogP contribution in [0.15, 0.2) is 0 Å². The fraction of sp³-hybridized carbons (Fsp3) is 0.917. The van der Waals surface area contributed by atoms with E-state index in [1.54, 1.807) is 0 Å². The minimum absolute atomic E-state index is 0.0805. The summed E-state index contributed by atoms with van der Waals surface area (Å²) in [6, 6.07) is 0.305. The summed E-state index contributed by atoms with van der Waals surface area (Å²) in [5.74, 6) is 0.400. The molecule has 0 bridgehead atoms. The summed E-state index contributed by atoms with van der Waals surface area (Å²) in [6.45, 7) is 12.9. The van der Waals surface area contributed by atoms with Crippen molar-refractivity contribution >= 4 is 5.97 Å². The Labute approximate surface area is 93.8 Å². The number of hydrogen-bond acceptors (Lipinski definition) is 3. The lowest BCUT2D eigenvalue weighted by molar-refractivity contribution is -0.145. The summed E-state index contributed by atoms with van der Waals surface area (Å²) in [6.07, 6.45) is 0.507. The maximum absolute atomic E-state index is 11.4. The van der Waals surface area contributed by atoms with E-state index in [1.807, 2.05) is 6.92 Å². The van der Waals surface area contributed by atoms with Crippen LogP contribution in [0.1, 0.15) is 41.0 Å². The van der Waals surface area contributed by atoms with E-state index in [4.69, 9.17) is 4.74 Å². The number of hydrogen-bond donors (Lipinski definition) is 0. The molecule has 0 aromatic rings. The Bertz CT molecular complexity index is 176. The van der Waals surface area contributed by atoms with Crippen molar-refractivity contribution in [2.24, 2.45) is 5.92 Å². The summed E-state index contributed by atoms with van der Waals surface area (Å²) in [5.41, 5.74) is 0. The van der Waals surface area contributed by atoms with Gasteiger partial charge in [-0.25, -0.2) is 0 Å². The van der Waals surface area contributed by atoms with E-state index in [9.17, 15) is 4.79 Å². The van der Waals surface area contributed by atoms with Gasteiger partial charge in [-0.2, -0.15) is 0 Å². The van der Waals surface area contributed by atoms with Gasteiger partial charge in [0.05, 0.1) is 13.0 Å². The van der Waals surface area contributed by atoms with Crippen LogP contribution in [0.5, 0.6) is 0 Å². The van der Waals surface area contributed by atoms with Crippen LogP contribution < -0.4 is 0 Å². The van der Waals surface area contributed by atoms with Gasteiger partial charge in [0.1, 0.15) is 0 Å². The lowest BCUT2D eigenvalue weighted by Crippen LogP contribution is -2.40. The molecular weight excluding hydrogens is 190 g/mol. The lowest BCUT2D eigenvalue weighted by Gasteiger charge is -2.31. The van der Waals surface area contributed by atoms with Gasteiger partial charge in [-0.05, 0) is 25.9 Å². The molecule has 0 aromatic carbocycles. The highest BCUT2D eigenvalue weighted by molar-refractivity contribution is 5.70. The molecule has 0 radical (unpaired) electrons. The Morgan fingerprint density at radius 1 is 1.20 bits per heavy atom. The molecular formula is C12H25NO2. The van der Waals surface area contributed by atoms with Gasteiger partial charge < -0.3 is 9.64 Å². The Morgan fingerprint density at radius 3 is 2.07 bits per heavy atom. The zero-order valence-corrected chi connectivity index (χ0v) is 10.7. The minimum Gasteiger partial charge on any atom is -0.466 e. The summed E-state index contributed by atoms with van der Waals surface area (Å²) >= 11 is 0. The minimum atomic E-state index is -0.0805. The first-order chi connectivity index (χ1) is 7.06. The summed E-state index contributed by atoms with van der Waals surface area (Å²) < 4.78 is 5.00. The lowest BCUT2D eigenvalue weighted by atomic mass is 9.99. The number of carbonyl (C=O) groups excluding carboxylic acids is 1. The number of ether oxygens (including phenoxy) is 1. The molecule has 0 aliphatic heterocycles. The van der Waals surface area contributed by atoms with Gasteiger partial charge in [0.2, 0.25) is 0 Å². The number of esters is 1. The number of carbonyl (C=O) groups is 1. The van der Waals surface area contributed by atoms with Crippen LogP contribution in [0.3, 0.4) is 0 Å². The second-order valence-electron chi connectivity index (χ2n) is 4.04. The molecule has 0 heterocycles. The van der Waals surface area contributed by atoms with Crippen LogP contribution in [0.2, 0.25) is 0 Å². The third kappa shape index (κ3) is 5.17. The first-order valence-corrected chi connectivity index (χ1v) is 5.96. The van der Waals surface area contributed by atoms with Gasteiger partial charge in [-0.15, -0.1) is 0 Å². The van der Waals surface area contributed by atoms with Gasteiger partial charge in [0.25, 0.3) is 0 Å². The zero-order chi connectivity index (χ0) is 11.8. The predicted octanol–water partition coefficient (Wildman–Crippen LogP) is 2.31. The molecule has 15 heavy (non-hydrogen) atoms. The number of rotatable bonds is 7. The van der Waals surface area contributed by atoms with Crippen molar-refractivity contribution < 1.29 is 9.53 Å². The normalized spacial score (nSPS) is 13.3. The second-order valence-corrected chi connectivity index (χ2v) is 4.04. The Kier molecular flexibility index (Phi) is 7.39. The van der Waals surface area contributed by atoms with Crippen LogP contribution in [-0.4, -0.2) is 36.6 Å². The highest BCUT2D eigenvalue weighted by Gasteiger charge is 2.22. The Morgan fingerprint density at radius 2 is 1.73 bits per heavy atom. The van der Waals surface area contributed by atoms with Gasteiger partial charge in [-0.1, -0.05) is 27.7 Å². The van der Waals surface area contributed by atoms with Crippen LogP contribution in [0.25, 0.3) is 0 Å². The third-order valence-corrected chi connectivity index (χ3v) is 2.73. The highest BCUT2D eigenvalue weighted by atomic mass is 16.5. The van der Waals surface area contributed by atoms with E-state index < -0.39 is 0 Å². The van der Waals surface area contributed by atoms with E-state index in [-0.39, 0.29) is 5.97 Å². The number of nitrogens with zero attached hydrogens (tertiary/aromatic N) is 1. The van der Waals surface area contributed by atoms with Gasteiger partial charge in [0, 0.05) is 6.04 Å². The zero-order valence-electron chi connectivity index (χ0n) is 10.7. The quantitative estimate of drug-likeness (QED) is 0.610. The van der Waals surface area contributed by atoms with Crippen LogP contribution in [-0.2, 0) is 9.53 Å². The average molecular weight is 215 g/mol. The van der Waals surface area contributed by atoms with E-state index >= 15 is 0 Å². The van der Waals surface area contributed by atoms with Crippen molar-refractivity contribution in [2.75, 3.05) is 19.7 Å². The summed E-state index contributed by atoms with van der Waals surface area (Å²) in [7, 11) is 0. The van der Waals surface area contributed by atoms with E-state index in [1.165, 1.54) is 0 Å². The van der Waals surface area contributed by atoms with E-state index in [0.717, 1.165) is 13.1 Å². The average Bonchev–Trinajstić information content (AvgIpc) is 2.18. The molecule has 1 unspecified atom stereocenters. The molecule has 0 spiro atoms. The maximum atomic E-state index is 11.4. The van der Waals surface area contributed by atoms with Crippen LogP contribution in [0.4, 0.5) is 0 Å². The summed E-state index contributed by atoms with van der Waals surface area (Å²) in [5, 5.41) is 0. The standard InChI is InChI=1S/C12H25NO2/c1-6-13(7-2)11(10(4)5)9-12(14)15-8-3/h10-11H,6-9H2,1-5H3. The Balaban J connectivity index is 4.32. The van der Waals surface area contributed by atoms with E-state index in [0.29, 0.717) is 25.0 Å². The monoisotopic (exact) mass is 215 g/mol. The molecule has 1 atom stereocenters. The van der Waals surface area contributed by atoms with Crippen molar-refractivity contribution in [1.82, 2.24) is 4.90 Å². The first kappa shape index (κ1) is 14.4. The van der Waals surface area contributed by atoms with Crippen molar-refractivity contribution in [3.63, 3.8) is 0 Å².